The Balaban J connectivity index is 3.07. The average Bonchev–Trinajstić information content (AvgIpc) is 2.17. The number of benzene rings is 1. The van der Waals surface area contributed by atoms with Gasteiger partial charge in [-0.05, 0) is 5.56 Å². The van der Waals surface area contributed by atoms with Crippen LogP contribution in [-0.4, -0.2) is 4.92 Å². The smallest absolute Gasteiger partial charge is 0.258 e. The minimum absolute atomic E-state index is 0.0570. The molecule has 0 saturated heterocycles. The molecule has 0 radical (unpaired) electrons. The van der Waals surface area contributed by atoms with Crippen molar-refractivity contribution in [2.24, 2.45) is 0 Å². The molecule has 0 fully saturated rings. The lowest BCUT2D eigenvalue weighted by molar-refractivity contribution is -0.384. The molecule has 0 aliphatic heterocycles. The van der Waals surface area contributed by atoms with Gasteiger partial charge in [-0.2, -0.15) is 5.26 Å². The third-order valence-corrected chi connectivity index (χ3v) is 1.84. The van der Waals surface area contributed by atoms with Gasteiger partial charge in [0.05, 0.1) is 11.0 Å². The summed E-state index contributed by atoms with van der Waals surface area (Å²) in [7, 11) is 0. The number of nitriles is 1. The lowest BCUT2D eigenvalue weighted by atomic mass is 10.1. The molecule has 1 aromatic carbocycles. The van der Waals surface area contributed by atoms with E-state index in [4.69, 9.17) is 16.9 Å². The minimum Gasteiger partial charge on any atom is -0.258 e. The fourth-order valence-corrected chi connectivity index (χ4v) is 1.01. The van der Waals surface area contributed by atoms with Gasteiger partial charge in [0.15, 0.2) is 0 Å². The van der Waals surface area contributed by atoms with E-state index in [0.29, 0.717) is 5.56 Å². The first-order valence-corrected chi connectivity index (χ1v) is 3.87. The summed E-state index contributed by atoms with van der Waals surface area (Å²) in [6.07, 6.45) is 0. The summed E-state index contributed by atoms with van der Waals surface area (Å²) in [5.41, 5.74) is 0.386. The Hall–Kier alpha value is -1.60. The fourth-order valence-electron chi connectivity index (χ4n) is 0.871. The maximum Gasteiger partial charge on any atom is 0.269 e. The highest BCUT2D eigenvalue weighted by molar-refractivity contribution is 6.22. The predicted octanol–water partition coefficient (Wildman–Crippen LogP) is 2.40. The molecule has 0 bridgehead atoms. The van der Waals surface area contributed by atoms with E-state index in [9.17, 15) is 10.1 Å². The molecule has 0 aliphatic rings. The van der Waals surface area contributed by atoms with Crippen LogP contribution in [-0.2, 0) is 0 Å². The van der Waals surface area contributed by atoms with Gasteiger partial charge in [-0.15, -0.1) is 11.6 Å². The molecule has 0 aliphatic carbocycles. The van der Waals surface area contributed by atoms with E-state index in [1.165, 1.54) is 18.2 Å². The van der Waals surface area contributed by atoms with Crippen molar-refractivity contribution in [3.05, 3.63) is 39.9 Å². The molecule has 1 rings (SSSR count). The summed E-state index contributed by atoms with van der Waals surface area (Å²) in [5.74, 6) is 0. The van der Waals surface area contributed by atoms with Gasteiger partial charge in [-0.1, -0.05) is 12.1 Å². The molecule has 0 saturated carbocycles. The number of nitro benzene ring substituents is 1. The molecule has 1 atom stereocenters. The first kappa shape index (κ1) is 9.49. The Morgan fingerprint density at radius 2 is 2.31 bits per heavy atom. The van der Waals surface area contributed by atoms with Crippen LogP contribution in [0, 0.1) is 21.4 Å². The molecule has 66 valence electrons. The van der Waals surface area contributed by atoms with Crippen LogP contribution in [0.25, 0.3) is 0 Å². The van der Waals surface area contributed by atoms with E-state index in [-0.39, 0.29) is 5.69 Å². The molecular formula is C8H5ClN2O2. The standard InChI is InChI=1S/C8H5ClN2O2/c9-8(5-10)6-2-1-3-7(4-6)11(12)13/h1-4,8H/t8-/m0/s1. The van der Waals surface area contributed by atoms with Crippen LogP contribution in [0.3, 0.4) is 0 Å². The molecule has 5 heteroatoms. The highest BCUT2D eigenvalue weighted by Gasteiger charge is 2.10. The quantitative estimate of drug-likeness (QED) is 0.414. The molecule has 0 aromatic heterocycles. The van der Waals surface area contributed by atoms with E-state index in [0.717, 1.165) is 0 Å². The van der Waals surface area contributed by atoms with Crippen LogP contribution in [0.1, 0.15) is 10.9 Å². The van der Waals surface area contributed by atoms with Gasteiger partial charge in [-0.25, -0.2) is 0 Å². The van der Waals surface area contributed by atoms with Crippen molar-refractivity contribution in [2.75, 3.05) is 0 Å². The highest BCUT2D eigenvalue weighted by atomic mass is 35.5. The monoisotopic (exact) mass is 196 g/mol. The summed E-state index contributed by atoms with van der Waals surface area (Å²) >= 11 is 5.58. The maximum atomic E-state index is 10.3. The van der Waals surface area contributed by atoms with Crippen molar-refractivity contribution in [3.8, 4) is 6.07 Å². The van der Waals surface area contributed by atoms with Crippen molar-refractivity contribution in [3.63, 3.8) is 0 Å². The van der Waals surface area contributed by atoms with E-state index in [1.807, 2.05) is 0 Å². The summed E-state index contributed by atoms with van der Waals surface area (Å²) in [6.45, 7) is 0. The van der Waals surface area contributed by atoms with Crippen LogP contribution in [0.4, 0.5) is 5.69 Å². The summed E-state index contributed by atoms with van der Waals surface area (Å²) < 4.78 is 0. The lowest BCUT2D eigenvalue weighted by Crippen LogP contribution is -1.91. The molecule has 0 heterocycles. The van der Waals surface area contributed by atoms with Gasteiger partial charge < -0.3 is 0 Å². The molecular weight excluding hydrogens is 192 g/mol. The number of nitrogens with zero attached hydrogens (tertiary/aromatic N) is 2. The van der Waals surface area contributed by atoms with Crippen molar-refractivity contribution in [2.45, 2.75) is 5.38 Å². The van der Waals surface area contributed by atoms with Crippen molar-refractivity contribution < 1.29 is 4.92 Å². The van der Waals surface area contributed by atoms with Crippen LogP contribution >= 0.6 is 11.6 Å². The second-order valence-electron chi connectivity index (χ2n) is 2.34. The molecule has 1 aromatic rings. The molecule has 4 nitrogen and oxygen atoms in total. The van der Waals surface area contributed by atoms with Crippen LogP contribution < -0.4 is 0 Å². The summed E-state index contributed by atoms with van der Waals surface area (Å²) in [4.78, 5) is 9.82. The fraction of sp³-hybridized carbons (Fsp3) is 0.125. The van der Waals surface area contributed by atoms with Gasteiger partial charge >= 0.3 is 0 Å². The SMILES string of the molecule is N#C[C@H](Cl)c1cccc([N+](=O)[O-])c1. The highest BCUT2D eigenvalue weighted by Crippen LogP contribution is 2.22. The Labute approximate surface area is 79.5 Å². The second-order valence-corrected chi connectivity index (χ2v) is 2.78. The number of hydrogen-bond acceptors (Lipinski definition) is 3. The Kier molecular flexibility index (Phi) is 2.83. The molecule has 0 spiro atoms. The third-order valence-electron chi connectivity index (χ3n) is 1.49. The lowest BCUT2D eigenvalue weighted by Gasteiger charge is -1.99. The summed E-state index contributed by atoms with van der Waals surface area (Å²) in [6, 6.07) is 7.51. The van der Waals surface area contributed by atoms with Crippen LogP contribution in [0.5, 0.6) is 0 Å². The Morgan fingerprint density at radius 1 is 1.62 bits per heavy atom. The Morgan fingerprint density at radius 3 is 2.85 bits per heavy atom. The zero-order valence-corrected chi connectivity index (χ0v) is 7.23. The molecule has 0 N–H and O–H groups in total. The number of halogens is 1. The van der Waals surface area contributed by atoms with Crippen molar-refractivity contribution in [1.29, 1.82) is 5.26 Å². The van der Waals surface area contributed by atoms with Crippen molar-refractivity contribution in [1.82, 2.24) is 0 Å². The number of rotatable bonds is 2. The minimum atomic E-state index is -0.833. The van der Waals surface area contributed by atoms with Gasteiger partial charge in [-0.3, -0.25) is 10.1 Å². The number of alkyl halides is 1. The average molecular weight is 197 g/mol. The largest absolute Gasteiger partial charge is 0.269 e. The number of hydrogen-bond donors (Lipinski definition) is 0. The Bertz CT molecular complexity index is 373. The third kappa shape index (κ3) is 2.17. The number of nitro groups is 1. The zero-order valence-electron chi connectivity index (χ0n) is 6.48. The first-order valence-electron chi connectivity index (χ1n) is 3.43. The van der Waals surface area contributed by atoms with E-state index in [1.54, 1.807) is 12.1 Å². The summed E-state index contributed by atoms with van der Waals surface area (Å²) in [5, 5.41) is 18.0. The first-order chi connectivity index (χ1) is 6.15. The van der Waals surface area contributed by atoms with Crippen molar-refractivity contribution >= 4 is 17.3 Å². The normalized spacial score (nSPS) is 11.7. The predicted molar refractivity (Wildman–Crippen MR) is 47.3 cm³/mol. The van der Waals surface area contributed by atoms with E-state index < -0.39 is 10.3 Å². The molecule has 0 unspecified atom stereocenters. The van der Waals surface area contributed by atoms with Gasteiger partial charge in [0.1, 0.15) is 5.38 Å². The van der Waals surface area contributed by atoms with Crippen LogP contribution in [0.15, 0.2) is 24.3 Å². The van der Waals surface area contributed by atoms with E-state index in [2.05, 4.69) is 0 Å². The molecule has 13 heavy (non-hydrogen) atoms. The maximum absolute atomic E-state index is 10.3. The second kappa shape index (κ2) is 3.87. The zero-order chi connectivity index (χ0) is 9.84. The van der Waals surface area contributed by atoms with Gasteiger partial charge in [0.2, 0.25) is 0 Å². The van der Waals surface area contributed by atoms with Gasteiger partial charge in [0.25, 0.3) is 5.69 Å². The molecule has 0 amide bonds. The van der Waals surface area contributed by atoms with Gasteiger partial charge in [0, 0.05) is 12.1 Å². The van der Waals surface area contributed by atoms with E-state index >= 15 is 0 Å². The number of non-ortho nitro benzene ring substituents is 1. The topological polar surface area (TPSA) is 66.9 Å². The van der Waals surface area contributed by atoms with Crippen LogP contribution in [0.2, 0.25) is 0 Å².